The Morgan fingerprint density at radius 3 is 2.63 bits per heavy atom. The Hall–Kier alpha value is -3.27. The molecular formula is C27H26ClF3N6O4S2. The summed E-state index contributed by atoms with van der Waals surface area (Å²) in [4.78, 5) is 36.8. The summed E-state index contributed by atoms with van der Waals surface area (Å²) < 4.78 is 68.6. The number of thiophene rings is 1. The van der Waals surface area contributed by atoms with E-state index in [4.69, 9.17) is 11.6 Å². The number of carbonyl (C=O) groups excluding carboxylic acids is 2. The van der Waals surface area contributed by atoms with Gasteiger partial charge in [0, 0.05) is 51.9 Å². The molecule has 43 heavy (non-hydrogen) atoms. The highest BCUT2D eigenvalue weighted by atomic mass is 35.5. The Balaban J connectivity index is 1.47. The molecule has 2 amide bonds. The van der Waals surface area contributed by atoms with Gasteiger partial charge in [-0.25, -0.2) is 18.4 Å². The Kier molecular flexibility index (Phi) is 7.85. The number of fused-ring (bicyclic) bond motifs is 7. The van der Waals surface area contributed by atoms with Crippen LogP contribution in [-0.4, -0.2) is 78.5 Å². The number of anilines is 2. The van der Waals surface area contributed by atoms with Gasteiger partial charge in [-0.1, -0.05) is 11.6 Å². The number of hydrogen-bond acceptors (Lipinski definition) is 9. The normalized spacial score (nSPS) is 20.7. The first kappa shape index (κ1) is 29.8. The maximum atomic E-state index is 14.1. The van der Waals surface area contributed by atoms with Crippen molar-refractivity contribution in [2.75, 3.05) is 43.8 Å². The van der Waals surface area contributed by atoms with E-state index in [1.165, 1.54) is 4.90 Å². The Morgan fingerprint density at radius 2 is 1.84 bits per heavy atom. The topological polar surface area (TPSA) is 125 Å². The van der Waals surface area contributed by atoms with Gasteiger partial charge in [-0.05, 0) is 42.2 Å². The SMILES string of the molecule is O=C1CCN2CCS(=O)(=O)c3cc(sc3C2=O)-c2nc(ncc2C(F)(F)F)Nc2cc3c(cc2Cl)CCN(CCCN1)C3. The number of nitrogens with one attached hydrogen (secondary N) is 2. The molecular weight excluding hydrogens is 629 g/mol. The van der Waals surface area contributed by atoms with E-state index in [9.17, 15) is 31.2 Å². The summed E-state index contributed by atoms with van der Waals surface area (Å²) >= 11 is 7.15. The first-order chi connectivity index (χ1) is 20.4. The van der Waals surface area contributed by atoms with Crippen LogP contribution >= 0.6 is 22.9 Å². The molecule has 10 nitrogen and oxygen atoms in total. The second-order valence-electron chi connectivity index (χ2n) is 10.6. The predicted octanol–water partition coefficient (Wildman–Crippen LogP) is 4.12. The minimum absolute atomic E-state index is 0.0342. The number of aromatic nitrogens is 2. The third-order valence-corrected chi connectivity index (χ3v) is 11.0. The minimum atomic E-state index is -4.86. The molecule has 228 valence electrons. The molecule has 0 saturated heterocycles. The highest BCUT2D eigenvalue weighted by Gasteiger charge is 2.39. The predicted molar refractivity (Wildman–Crippen MR) is 154 cm³/mol. The highest BCUT2D eigenvalue weighted by Crippen LogP contribution is 2.42. The van der Waals surface area contributed by atoms with Crippen LogP contribution < -0.4 is 10.6 Å². The van der Waals surface area contributed by atoms with Crippen LogP contribution in [0.15, 0.2) is 29.3 Å². The van der Waals surface area contributed by atoms with Crippen LogP contribution in [-0.2, 0) is 33.8 Å². The molecule has 0 aliphatic carbocycles. The first-order valence-electron chi connectivity index (χ1n) is 13.6. The second-order valence-corrected chi connectivity index (χ2v) is 14.1. The van der Waals surface area contributed by atoms with Crippen LogP contribution in [0.2, 0.25) is 5.02 Å². The zero-order valence-electron chi connectivity index (χ0n) is 22.6. The number of benzene rings is 1. The smallest absolute Gasteiger partial charge is 0.356 e. The quantitative estimate of drug-likeness (QED) is 0.371. The maximum absolute atomic E-state index is 14.1. The fraction of sp³-hybridized carbons (Fsp3) is 0.407. The second kappa shape index (κ2) is 11.3. The van der Waals surface area contributed by atoms with E-state index in [0.29, 0.717) is 47.8 Å². The number of carbonyl (C=O) groups is 2. The molecule has 0 fully saturated rings. The van der Waals surface area contributed by atoms with Gasteiger partial charge in [0.15, 0.2) is 9.84 Å². The number of halogens is 4. The molecule has 16 heteroatoms. The number of nitrogens with zero attached hydrogens (tertiary/aromatic N) is 4. The van der Waals surface area contributed by atoms with Gasteiger partial charge in [-0.15, -0.1) is 11.3 Å². The lowest BCUT2D eigenvalue weighted by atomic mass is 9.99. The lowest BCUT2D eigenvalue weighted by molar-refractivity contribution is -0.137. The number of alkyl halides is 3. The molecule has 0 saturated carbocycles. The van der Waals surface area contributed by atoms with Crippen LogP contribution in [0.1, 0.15) is 39.2 Å². The fourth-order valence-electron chi connectivity index (χ4n) is 5.41. The van der Waals surface area contributed by atoms with Gasteiger partial charge in [0.2, 0.25) is 11.9 Å². The van der Waals surface area contributed by atoms with Crippen molar-refractivity contribution in [2.45, 2.75) is 36.9 Å². The largest absolute Gasteiger partial charge is 0.420 e. The summed E-state index contributed by atoms with van der Waals surface area (Å²) in [6.07, 6.45) is -2.82. The third kappa shape index (κ3) is 6.08. The highest BCUT2D eigenvalue weighted by molar-refractivity contribution is 7.91. The van der Waals surface area contributed by atoms with Crippen molar-refractivity contribution in [2.24, 2.45) is 0 Å². The summed E-state index contributed by atoms with van der Waals surface area (Å²) in [7, 11) is -4.02. The molecule has 2 N–H and O–H groups in total. The van der Waals surface area contributed by atoms with Crippen LogP contribution in [0.25, 0.3) is 10.6 Å². The average molecular weight is 655 g/mol. The molecule has 1 atom stereocenters. The maximum Gasteiger partial charge on any atom is 0.420 e. The van der Waals surface area contributed by atoms with E-state index in [2.05, 4.69) is 25.5 Å². The van der Waals surface area contributed by atoms with Gasteiger partial charge in [0.1, 0.15) is 10.4 Å². The van der Waals surface area contributed by atoms with Gasteiger partial charge in [-0.3, -0.25) is 14.5 Å². The first-order valence-corrected chi connectivity index (χ1v) is 16.4. The van der Waals surface area contributed by atoms with Crippen LogP contribution in [0, 0.1) is 0 Å². The molecule has 2 aromatic heterocycles. The molecule has 6 rings (SSSR count). The van der Waals surface area contributed by atoms with E-state index in [1.807, 2.05) is 12.1 Å². The number of rotatable bonds is 0. The van der Waals surface area contributed by atoms with Crippen molar-refractivity contribution in [3.05, 3.63) is 51.0 Å². The summed E-state index contributed by atoms with van der Waals surface area (Å²) in [5.74, 6) is -1.55. The van der Waals surface area contributed by atoms with Gasteiger partial charge in [0.05, 0.1) is 31.9 Å². The van der Waals surface area contributed by atoms with E-state index < -0.39 is 38.9 Å². The molecule has 5 heterocycles. The molecule has 3 aliphatic heterocycles. The molecule has 1 aromatic carbocycles. The van der Waals surface area contributed by atoms with Crippen LogP contribution in [0.3, 0.4) is 0 Å². The van der Waals surface area contributed by atoms with E-state index in [0.717, 1.165) is 36.7 Å². The van der Waals surface area contributed by atoms with Gasteiger partial charge < -0.3 is 15.5 Å². The van der Waals surface area contributed by atoms with Gasteiger partial charge >= 0.3 is 6.18 Å². The molecule has 0 spiro atoms. The summed E-state index contributed by atoms with van der Waals surface area (Å²) in [5, 5.41) is 6.12. The van der Waals surface area contributed by atoms with E-state index in [-0.39, 0.29) is 46.0 Å². The number of amides is 2. The Morgan fingerprint density at radius 1 is 1.02 bits per heavy atom. The van der Waals surface area contributed by atoms with Gasteiger partial charge in [0.25, 0.3) is 5.91 Å². The van der Waals surface area contributed by atoms with Crippen molar-refractivity contribution < 1.29 is 31.2 Å². The standard InChI is InChI=1S/C27H26ClF3N6O4S2/c28-18-10-15-2-6-36-5-1-4-32-22(38)3-7-37-8-9-43(40,41)21-12-20(42-24(21)25(37)39)23-17(27(29,30)31)13-33-26(35-23)34-19(18)11-16(15)14-36/h10-13H,1-9,14H2,(H,32,38)(H,33,34,35). The van der Waals surface area contributed by atoms with Crippen LogP contribution in [0.5, 0.6) is 0 Å². The molecule has 3 aromatic rings. The van der Waals surface area contributed by atoms with Crippen molar-refractivity contribution in [1.29, 1.82) is 0 Å². The molecule has 1 unspecified atom stereocenters. The minimum Gasteiger partial charge on any atom is -0.356 e. The number of hydrogen-bond donors (Lipinski definition) is 2. The summed E-state index contributed by atoms with van der Waals surface area (Å²) in [6, 6.07) is 4.70. The van der Waals surface area contributed by atoms with Crippen molar-refractivity contribution in [3.63, 3.8) is 0 Å². The van der Waals surface area contributed by atoms with Crippen molar-refractivity contribution in [3.8, 4) is 10.6 Å². The zero-order valence-corrected chi connectivity index (χ0v) is 25.0. The Labute approximate surface area is 254 Å². The number of sulfone groups is 1. The summed E-state index contributed by atoms with van der Waals surface area (Å²) in [5.41, 5.74) is 0.713. The lowest BCUT2D eigenvalue weighted by Crippen LogP contribution is -2.37. The van der Waals surface area contributed by atoms with Crippen molar-refractivity contribution in [1.82, 2.24) is 25.1 Å². The monoisotopic (exact) mass is 654 g/mol. The van der Waals surface area contributed by atoms with E-state index >= 15 is 0 Å². The average Bonchev–Trinajstić information content (AvgIpc) is 3.38. The third-order valence-electron chi connectivity index (χ3n) is 7.68. The van der Waals surface area contributed by atoms with Crippen molar-refractivity contribution >= 4 is 56.2 Å². The Bertz CT molecular complexity index is 1730. The van der Waals surface area contributed by atoms with Gasteiger partial charge in [-0.2, -0.15) is 13.2 Å². The zero-order chi connectivity index (χ0) is 30.5. The van der Waals surface area contributed by atoms with E-state index in [1.54, 1.807) is 0 Å². The lowest BCUT2D eigenvalue weighted by Gasteiger charge is -2.29. The summed E-state index contributed by atoms with van der Waals surface area (Å²) in [6.45, 7) is 2.41. The fourth-order valence-corrected chi connectivity index (χ4v) is 8.59. The van der Waals surface area contributed by atoms with Crippen LogP contribution in [0.4, 0.5) is 24.8 Å². The molecule has 3 aliphatic rings. The molecule has 0 radical (unpaired) electrons. The molecule has 8 bridgehead atoms.